The molecule has 0 aliphatic carbocycles. The summed E-state index contributed by atoms with van der Waals surface area (Å²) < 4.78 is 15.2. The van der Waals surface area contributed by atoms with Gasteiger partial charge in [-0.15, -0.1) is 0 Å². The second kappa shape index (κ2) is 6.80. The Kier molecular flexibility index (Phi) is 4.83. The minimum absolute atomic E-state index is 0.307. The number of carbonyl (C=O) groups excluding carboxylic acids is 2. The Labute approximate surface area is 128 Å². The number of anilines is 1. The Hall–Kier alpha value is -2.76. The lowest BCUT2D eigenvalue weighted by Gasteiger charge is -2.13. The summed E-state index contributed by atoms with van der Waals surface area (Å²) in [5.74, 6) is 0.0455. The van der Waals surface area contributed by atoms with E-state index in [0.29, 0.717) is 22.8 Å². The third kappa shape index (κ3) is 3.66. The summed E-state index contributed by atoms with van der Waals surface area (Å²) in [6.07, 6.45) is 0.459. The topological polar surface area (TPSA) is 77.8 Å². The van der Waals surface area contributed by atoms with Crippen molar-refractivity contribution in [3.05, 3.63) is 47.9 Å². The van der Waals surface area contributed by atoms with E-state index in [1.54, 1.807) is 38.3 Å². The van der Waals surface area contributed by atoms with Gasteiger partial charge in [-0.1, -0.05) is 6.07 Å². The molecule has 1 atom stereocenters. The summed E-state index contributed by atoms with van der Waals surface area (Å²) in [7, 11) is 1.54. The largest absolute Gasteiger partial charge is 0.497 e. The number of ether oxygens (including phenoxy) is 2. The summed E-state index contributed by atoms with van der Waals surface area (Å²) in [6, 6.07) is 8.41. The molecule has 0 radical (unpaired) electrons. The van der Waals surface area contributed by atoms with E-state index in [9.17, 15) is 9.59 Å². The lowest BCUT2D eigenvalue weighted by molar-refractivity contribution is -0.123. The summed E-state index contributed by atoms with van der Waals surface area (Å²) in [6.45, 7) is 3.15. The van der Waals surface area contributed by atoms with E-state index < -0.39 is 18.0 Å². The maximum Gasteiger partial charge on any atom is 0.342 e. The Morgan fingerprint density at radius 2 is 2.05 bits per heavy atom. The minimum atomic E-state index is -0.937. The van der Waals surface area contributed by atoms with Crippen molar-refractivity contribution >= 4 is 17.6 Å². The first kappa shape index (κ1) is 15.6. The number of esters is 1. The summed E-state index contributed by atoms with van der Waals surface area (Å²) in [4.78, 5) is 24.0. The van der Waals surface area contributed by atoms with E-state index >= 15 is 0 Å². The number of methoxy groups -OCH3 is 1. The van der Waals surface area contributed by atoms with Gasteiger partial charge in [0, 0.05) is 11.8 Å². The molecular formula is C16H17NO5. The predicted octanol–water partition coefficient (Wildman–Crippen LogP) is 2.78. The molecule has 2 rings (SSSR count). The fraction of sp³-hybridized carbons (Fsp3) is 0.250. The molecule has 2 aromatic rings. The standard InChI is InChI=1S/C16H17NO5/c1-10-14(7-8-21-10)16(19)22-11(2)15(18)17-12-5-4-6-13(9-12)20-3/h4-9,11H,1-3H3,(H,17,18)/t11-/m0/s1. The van der Waals surface area contributed by atoms with E-state index in [1.165, 1.54) is 19.3 Å². The van der Waals surface area contributed by atoms with Crippen molar-refractivity contribution < 1.29 is 23.5 Å². The Bertz CT molecular complexity index is 677. The van der Waals surface area contributed by atoms with Crippen LogP contribution in [0.3, 0.4) is 0 Å². The maximum absolute atomic E-state index is 12.0. The van der Waals surface area contributed by atoms with Gasteiger partial charge in [0.25, 0.3) is 5.91 Å². The molecule has 1 N–H and O–H groups in total. The number of carbonyl (C=O) groups is 2. The van der Waals surface area contributed by atoms with Crippen molar-refractivity contribution in [2.45, 2.75) is 20.0 Å². The number of amides is 1. The Morgan fingerprint density at radius 1 is 1.27 bits per heavy atom. The van der Waals surface area contributed by atoms with Gasteiger partial charge >= 0.3 is 5.97 Å². The quantitative estimate of drug-likeness (QED) is 0.859. The van der Waals surface area contributed by atoms with Crippen molar-refractivity contribution in [1.29, 1.82) is 0 Å². The molecular weight excluding hydrogens is 286 g/mol. The predicted molar refractivity (Wildman–Crippen MR) is 79.9 cm³/mol. The zero-order chi connectivity index (χ0) is 16.1. The van der Waals surface area contributed by atoms with Crippen LogP contribution >= 0.6 is 0 Å². The first-order valence-corrected chi connectivity index (χ1v) is 6.71. The van der Waals surface area contributed by atoms with Gasteiger partial charge in [-0.05, 0) is 32.0 Å². The number of hydrogen-bond donors (Lipinski definition) is 1. The number of rotatable bonds is 5. The summed E-state index contributed by atoms with van der Waals surface area (Å²) in [5, 5.41) is 2.66. The van der Waals surface area contributed by atoms with Gasteiger partial charge in [-0.3, -0.25) is 4.79 Å². The number of aryl methyl sites for hydroxylation is 1. The van der Waals surface area contributed by atoms with Crippen molar-refractivity contribution in [1.82, 2.24) is 0 Å². The fourth-order valence-corrected chi connectivity index (χ4v) is 1.82. The van der Waals surface area contributed by atoms with E-state index in [2.05, 4.69) is 5.32 Å². The van der Waals surface area contributed by atoms with Gasteiger partial charge in [0.15, 0.2) is 6.10 Å². The normalized spacial score (nSPS) is 11.6. The van der Waals surface area contributed by atoms with Gasteiger partial charge in [-0.25, -0.2) is 4.79 Å². The van der Waals surface area contributed by atoms with Crippen LogP contribution in [0.2, 0.25) is 0 Å². The van der Waals surface area contributed by atoms with E-state index in [-0.39, 0.29) is 0 Å². The molecule has 6 heteroatoms. The lowest BCUT2D eigenvalue weighted by atomic mass is 10.2. The first-order valence-electron chi connectivity index (χ1n) is 6.71. The van der Waals surface area contributed by atoms with Gasteiger partial charge in [0.1, 0.15) is 17.1 Å². The third-order valence-electron chi connectivity index (χ3n) is 3.07. The van der Waals surface area contributed by atoms with Crippen LogP contribution < -0.4 is 10.1 Å². The Balaban J connectivity index is 1.97. The molecule has 0 saturated heterocycles. The van der Waals surface area contributed by atoms with E-state index in [0.717, 1.165) is 0 Å². The van der Waals surface area contributed by atoms with Crippen LogP contribution in [0.1, 0.15) is 23.0 Å². The third-order valence-corrected chi connectivity index (χ3v) is 3.07. The van der Waals surface area contributed by atoms with E-state index in [1.807, 2.05) is 0 Å². The highest BCUT2D eigenvalue weighted by molar-refractivity contribution is 5.97. The molecule has 0 spiro atoms. The number of benzene rings is 1. The van der Waals surface area contributed by atoms with Crippen molar-refractivity contribution in [3.63, 3.8) is 0 Å². The fourth-order valence-electron chi connectivity index (χ4n) is 1.82. The van der Waals surface area contributed by atoms with Crippen LogP contribution in [-0.2, 0) is 9.53 Å². The second-order valence-corrected chi connectivity index (χ2v) is 4.66. The van der Waals surface area contributed by atoms with Crippen LogP contribution in [0.4, 0.5) is 5.69 Å². The summed E-state index contributed by atoms with van der Waals surface area (Å²) in [5.41, 5.74) is 0.868. The van der Waals surface area contributed by atoms with Gasteiger partial charge < -0.3 is 19.2 Å². The van der Waals surface area contributed by atoms with Gasteiger partial charge in [0.05, 0.1) is 13.4 Å². The molecule has 22 heavy (non-hydrogen) atoms. The monoisotopic (exact) mass is 303 g/mol. The number of nitrogens with one attached hydrogen (secondary N) is 1. The molecule has 1 amide bonds. The second-order valence-electron chi connectivity index (χ2n) is 4.66. The number of hydrogen-bond acceptors (Lipinski definition) is 5. The molecule has 0 bridgehead atoms. The van der Waals surface area contributed by atoms with Crippen LogP contribution in [0.15, 0.2) is 41.0 Å². The maximum atomic E-state index is 12.0. The smallest absolute Gasteiger partial charge is 0.342 e. The highest BCUT2D eigenvalue weighted by Crippen LogP contribution is 2.17. The van der Waals surface area contributed by atoms with E-state index in [4.69, 9.17) is 13.9 Å². The molecule has 1 aromatic heterocycles. The SMILES string of the molecule is COc1cccc(NC(=O)[C@H](C)OC(=O)c2ccoc2C)c1. The van der Waals surface area contributed by atoms with Crippen LogP contribution in [0, 0.1) is 6.92 Å². The zero-order valence-corrected chi connectivity index (χ0v) is 12.6. The Morgan fingerprint density at radius 3 is 2.68 bits per heavy atom. The van der Waals surface area contributed by atoms with Crippen molar-refractivity contribution in [3.8, 4) is 5.75 Å². The summed E-state index contributed by atoms with van der Waals surface area (Å²) >= 11 is 0. The van der Waals surface area contributed by atoms with Crippen LogP contribution in [0.5, 0.6) is 5.75 Å². The highest BCUT2D eigenvalue weighted by Gasteiger charge is 2.21. The molecule has 0 saturated carbocycles. The first-order chi connectivity index (χ1) is 10.5. The molecule has 0 aliphatic heterocycles. The van der Waals surface area contributed by atoms with Gasteiger partial charge in [0.2, 0.25) is 0 Å². The van der Waals surface area contributed by atoms with Crippen LogP contribution in [0.25, 0.3) is 0 Å². The highest BCUT2D eigenvalue weighted by atomic mass is 16.5. The van der Waals surface area contributed by atoms with Crippen molar-refractivity contribution in [2.24, 2.45) is 0 Å². The molecule has 0 unspecified atom stereocenters. The zero-order valence-electron chi connectivity index (χ0n) is 12.6. The van der Waals surface area contributed by atoms with Crippen molar-refractivity contribution in [2.75, 3.05) is 12.4 Å². The minimum Gasteiger partial charge on any atom is -0.497 e. The average molecular weight is 303 g/mol. The molecule has 0 fully saturated rings. The number of furan rings is 1. The molecule has 1 aromatic carbocycles. The van der Waals surface area contributed by atoms with Crippen LogP contribution in [-0.4, -0.2) is 25.1 Å². The molecule has 116 valence electrons. The molecule has 0 aliphatic rings. The average Bonchev–Trinajstić information content (AvgIpc) is 2.93. The lowest BCUT2D eigenvalue weighted by Crippen LogP contribution is -2.30. The molecule has 6 nitrogen and oxygen atoms in total. The van der Waals surface area contributed by atoms with Gasteiger partial charge in [-0.2, -0.15) is 0 Å². The molecule has 1 heterocycles.